The fourth-order valence-electron chi connectivity index (χ4n) is 1.39. The van der Waals surface area contributed by atoms with E-state index in [1.165, 1.54) is 36.4 Å². The molecule has 19 heavy (non-hydrogen) atoms. The Morgan fingerprint density at radius 1 is 1.11 bits per heavy atom. The van der Waals surface area contributed by atoms with Crippen molar-refractivity contribution in [3.8, 4) is 0 Å². The van der Waals surface area contributed by atoms with Crippen LogP contribution in [-0.4, -0.2) is 8.42 Å². The first-order valence-corrected chi connectivity index (χ1v) is 7.77. The van der Waals surface area contributed by atoms with Gasteiger partial charge in [-0.2, -0.15) is 0 Å². The summed E-state index contributed by atoms with van der Waals surface area (Å²) in [5.41, 5.74) is -0.113. The number of halogens is 3. The van der Waals surface area contributed by atoms with Crippen molar-refractivity contribution >= 4 is 43.2 Å². The number of anilines is 1. The number of benzene rings is 2. The molecule has 0 bridgehead atoms. The number of nitrogens with one attached hydrogen (secondary N) is 1. The lowest BCUT2D eigenvalue weighted by Gasteiger charge is -2.09. The monoisotopic (exact) mass is 363 g/mol. The van der Waals surface area contributed by atoms with Crippen molar-refractivity contribution in [1.29, 1.82) is 0 Å². The van der Waals surface area contributed by atoms with Crippen LogP contribution in [0.25, 0.3) is 0 Å². The van der Waals surface area contributed by atoms with Crippen LogP contribution in [0.4, 0.5) is 10.1 Å². The van der Waals surface area contributed by atoms with E-state index in [1.807, 2.05) is 0 Å². The summed E-state index contributed by atoms with van der Waals surface area (Å²) in [4.78, 5) is 0.0132. The Balaban J connectivity index is 2.33. The normalized spacial score (nSPS) is 11.3. The molecule has 0 saturated heterocycles. The maximum atomic E-state index is 13.6. The quantitative estimate of drug-likeness (QED) is 0.893. The van der Waals surface area contributed by atoms with Gasteiger partial charge >= 0.3 is 0 Å². The van der Waals surface area contributed by atoms with Crippen LogP contribution in [0.2, 0.25) is 5.02 Å². The predicted octanol–water partition coefficient (Wildman–Crippen LogP) is 4.04. The highest BCUT2D eigenvalue weighted by molar-refractivity contribution is 9.10. The van der Waals surface area contributed by atoms with E-state index >= 15 is 0 Å². The Morgan fingerprint density at radius 2 is 1.74 bits per heavy atom. The van der Waals surface area contributed by atoms with E-state index in [-0.39, 0.29) is 10.6 Å². The number of hydrogen-bond acceptors (Lipinski definition) is 2. The average molecular weight is 365 g/mol. The molecule has 0 radical (unpaired) electrons. The largest absolute Gasteiger partial charge is 0.277 e. The number of sulfonamides is 1. The first kappa shape index (κ1) is 14.3. The zero-order valence-electron chi connectivity index (χ0n) is 9.40. The SMILES string of the molecule is O=S(=O)(Nc1ccc(Br)cc1F)c1ccc(Cl)cc1. The maximum absolute atomic E-state index is 13.6. The van der Waals surface area contributed by atoms with Crippen LogP contribution in [0.1, 0.15) is 0 Å². The second-order valence-corrected chi connectivity index (χ2v) is 6.72. The van der Waals surface area contributed by atoms with Gasteiger partial charge in [-0.15, -0.1) is 0 Å². The minimum absolute atomic E-state index is 0.0132. The Bertz CT molecular complexity index is 704. The van der Waals surface area contributed by atoms with Gasteiger partial charge in [-0.25, -0.2) is 12.8 Å². The maximum Gasteiger partial charge on any atom is 0.261 e. The van der Waals surface area contributed by atoms with Gasteiger partial charge in [0.25, 0.3) is 10.0 Å². The van der Waals surface area contributed by atoms with Crippen molar-refractivity contribution in [2.45, 2.75) is 4.90 Å². The van der Waals surface area contributed by atoms with Gasteiger partial charge in [-0.1, -0.05) is 27.5 Å². The summed E-state index contributed by atoms with van der Waals surface area (Å²) in [6, 6.07) is 9.67. The van der Waals surface area contributed by atoms with Crippen LogP contribution in [0.15, 0.2) is 51.8 Å². The van der Waals surface area contributed by atoms with Gasteiger partial charge in [-0.05, 0) is 42.5 Å². The van der Waals surface area contributed by atoms with E-state index in [0.29, 0.717) is 9.50 Å². The lowest BCUT2D eigenvalue weighted by Crippen LogP contribution is -2.13. The van der Waals surface area contributed by atoms with Gasteiger partial charge in [0.1, 0.15) is 5.82 Å². The van der Waals surface area contributed by atoms with Crippen molar-refractivity contribution in [3.63, 3.8) is 0 Å². The summed E-state index contributed by atoms with van der Waals surface area (Å²) in [7, 11) is -3.83. The van der Waals surface area contributed by atoms with Crippen molar-refractivity contribution in [2.24, 2.45) is 0 Å². The van der Waals surface area contributed by atoms with Gasteiger partial charge in [0.05, 0.1) is 10.6 Å². The Kier molecular flexibility index (Phi) is 4.13. The summed E-state index contributed by atoms with van der Waals surface area (Å²) in [6.45, 7) is 0. The van der Waals surface area contributed by atoms with E-state index in [0.717, 1.165) is 0 Å². The van der Waals surface area contributed by atoms with E-state index in [1.54, 1.807) is 6.07 Å². The van der Waals surface area contributed by atoms with Crippen molar-refractivity contribution in [1.82, 2.24) is 0 Å². The van der Waals surface area contributed by atoms with E-state index in [2.05, 4.69) is 20.7 Å². The standard InChI is InChI=1S/C12H8BrClFNO2S/c13-8-1-6-12(11(15)7-8)16-19(17,18)10-4-2-9(14)3-5-10/h1-7,16H. The van der Waals surface area contributed by atoms with Crippen LogP contribution in [0.5, 0.6) is 0 Å². The minimum Gasteiger partial charge on any atom is -0.277 e. The van der Waals surface area contributed by atoms with Gasteiger partial charge in [0, 0.05) is 9.50 Å². The van der Waals surface area contributed by atoms with Crippen LogP contribution in [-0.2, 0) is 10.0 Å². The molecule has 0 fully saturated rings. The van der Waals surface area contributed by atoms with Crippen LogP contribution < -0.4 is 4.72 Å². The molecule has 0 saturated carbocycles. The molecule has 2 aromatic carbocycles. The second-order valence-electron chi connectivity index (χ2n) is 3.68. The van der Waals surface area contributed by atoms with Crippen molar-refractivity contribution in [2.75, 3.05) is 4.72 Å². The zero-order chi connectivity index (χ0) is 14.0. The molecule has 0 aromatic heterocycles. The van der Waals surface area contributed by atoms with Gasteiger partial charge < -0.3 is 0 Å². The molecular formula is C12H8BrClFNO2S. The average Bonchev–Trinajstić information content (AvgIpc) is 2.33. The molecule has 100 valence electrons. The smallest absolute Gasteiger partial charge is 0.261 e. The topological polar surface area (TPSA) is 46.2 Å². The highest BCUT2D eigenvalue weighted by Crippen LogP contribution is 2.23. The lowest BCUT2D eigenvalue weighted by atomic mass is 10.3. The zero-order valence-corrected chi connectivity index (χ0v) is 12.6. The van der Waals surface area contributed by atoms with E-state index in [9.17, 15) is 12.8 Å². The third-order valence-electron chi connectivity index (χ3n) is 2.30. The van der Waals surface area contributed by atoms with Crippen LogP contribution in [0.3, 0.4) is 0 Å². The van der Waals surface area contributed by atoms with E-state index < -0.39 is 15.8 Å². The summed E-state index contributed by atoms with van der Waals surface area (Å²) in [5, 5.41) is 0.425. The molecule has 7 heteroatoms. The summed E-state index contributed by atoms with van der Waals surface area (Å²) in [5.74, 6) is -0.660. The number of rotatable bonds is 3. The molecule has 0 aliphatic carbocycles. The summed E-state index contributed by atoms with van der Waals surface area (Å²) >= 11 is 8.78. The molecule has 0 unspecified atom stereocenters. The predicted molar refractivity (Wildman–Crippen MR) is 76.4 cm³/mol. The first-order valence-electron chi connectivity index (χ1n) is 5.12. The Labute approximate surface area is 123 Å². The summed E-state index contributed by atoms with van der Waals surface area (Å²) in [6.07, 6.45) is 0. The van der Waals surface area contributed by atoms with Crippen LogP contribution in [0, 0.1) is 5.82 Å². The van der Waals surface area contributed by atoms with Crippen molar-refractivity contribution in [3.05, 3.63) is 57.8 Å². The molecule has 0 aliphatic heterocycles. The fourth-order valence-corrected chi connectivity index (χ4v) is 2.92. The molecule has 0 heterocycles. The summed E-state index contributed by atoms with van der Waals surface area (Å²) < 4.78 is 40.3. The molecular weight excluding hydrogens is 357 g/mol. The lowest BCUT2D eigenvalue weighted by molar-refractivity contribution is 0.598. The molecule has 3 nitrogen and oxygen atoms in total. The Morgan fingerprint density at radius 3 is 2.32 bits per heavy atom. The molecule has 2 aromatic rings. The van der Waals surface area contributed by atoms with Gasteiger partial charge in [-0.3, -0.25) is 4.72 Å². The molecule has 0 atom stereocenters. The Hall–Kier alpha value is -1.11. The fraction of sp³-hybridized carbons (Fsp3) is 0. The third-order valence-corrected chi connectivity index (χ3v) is 4.43. The second kappa shape index (κ2) is 5.48. The first-order chi connectivity index (χ1) is 8.88. The van der Waals surface area contributed by atoms with E-state index in [4.69, 9.17) is 11.6 Å². The van der Waals surface area contributed by atoms with Crippen LogP contribution >= 0.6 is 27.5 Å². The molecule has 0 aliphatic rings. The third kappa shape index (κ3) is 3.46. The molecule has 0 amide bonds. The van der Waals surface area contributed by atoms with Crippen molar-refractivity contribution < 1.29 is 12.8 Å². The highest BCUT2D eigenvalue weighted by Gasteiger charge is 2.16. The molecule has 2 rings (SSSR count). The van der Waals surface area contributed by atoms with Gasteiger partial charge in [0.15, 0.2) is 0 Å². The minimum atomic E-state index is -3.83. The molecule has 0 spiro atoms. The van der Waals surface area contributed by atoms with Gasteiger partial charge in [0.2, 0.25) is 0 Å². The molecule has 1 N–H and O–H groups in total. The number of hydrogen-bond donors (Lipinski definition) is 1. The highest BCUT2D eigenvalue weighted by atomic mass is 79.9.